The number of nitrogens with zero attached hydrogens (tertiary/aromatic N) is 2. The van der Waals surface area contributed by atoms with Crippen molar-refractivity contribution in [3.8, 4) is 0 Å². The molecule has 1 atom stereocenters. The minimum absolute atomic E-state index is 0.0563. The molecule has 19 heavy (non-hydrogen) atoms. The van der Waals surface area contributed by atoms with Crippen LogP contribution in [0.5, 0.6) is 0 Å². The molecule has 0 aliphatic rings. The van der Waals surface area contributed by atoms with Crippen molar-refractivity contribution in [2.24, 2.45) is 5.92 Å². The SMILES string of the molecule is Cc1cccc(CSc2nnc([C@@H]([NH3+])C(C)C)o2)c1. The Kier molecular flexibility index (Phi) is 4.61. The Morgan fingerprint density at radius 3 is 2.79 bits per heavy atom. The summed E-state index contributed by atoms with van der Waals surface area (Å²) in [5.41, 5.74) is 6.57. The molecule has 4 nitrogen and oxygen atoms in total. The molecule has 2 aromatic rings. The largest absolute Gasteiger partial charge is 0.410 e. The maximum Gasteiger partial charge on any atom is 0.277 e. The molecule has 0 spiro atoms. The molecular weight excluding hydrogens is 258 g/mol. The van der Waals surface area contributed by atoms with Crippen molar-refractivity contribution in [3.05, 3.63) is 41.3 Å². The highest BCUT2D eigenvalue weighted by Gasteiger charge is 2.21. The molecule has 0 fully saturated rings. The summed E-state index contributed by atoms with van der Waals surface area (Å²) in [7, 11) is 0. The van der Waals surface area contributed by atoms with E-state index in [0.29, 0.717) is 17.0 Å². The smallest absolute Gasteiger partial charge is 0.277 e. The summed E-state index contributed by atoms with van der Waals surface area (Å²) < 4.78 is 5.64. The average Bonchev–Trinajstić information content (AvgIpc) is 2.84. The van der Waals surface area contributed by atoms with Gasteiger partial charge in [-0.05, 0) is 12.5 Å². The number of aromatic nitrogens is 2. The van der Waals surface area contributed by atoms with Crippen molar-refractivity contribution in [2.45, 2.75) is 37.8 Å². The van der Waals surface area contributed by atoms with Crippen molar-refractivity contribution in [1.82, 2.24) is 10.2 Å². The molecule has 2 rings (SSSR count). The molecule has 0 amide bonds. The minimum Gasteiger partial charge on any atom is -0.410 e. The van der Waals surface area contributed by atoms with Gasteiger partial charge < -0.3 is 10.2 Å². The minimum atomic E-state index is 0.0563. The molecule has 0 saturated heterocycles. The molecule has 1 aromatic heterocycles. The number of rotatable bonds is 5. The summed E-state index contributed by atoms with van der Waals surface area (Å²) in [5.74, 6) is 1.86. The molecule has 102 valence electrons. The van der Waals surface area contributed by atoms with Crippen LogP contribution in [-0.4, -0.2) is 10.2 Å². The molecule has 0 radical (unpaired) electrons. The second kappa shape index (κ2) is 6.21. The van der Waals surface area contributed by atoms with E-state index in [0.717, 1.165) is 5.75 Å². The van der Waals surface area contributed by atoms with Gasteiger partial charge in [0.2, 0.25) is 0 Å². The highest BCUT2D eigenvalue weighted by molar-refractivity contribution is 7.98. The van der Waals surface area contributed by atoms with E-state index < -0.39 is 0 Å². The summed E-state index contributed by atoms with van der Waals surface area (Å²) in [5, 5.41) is 8.75. The third-order valence-corrected chi connectivity index (χ3v) is 3.88. The number of thioether (sulfide) groups is 1. The second-order valence-corrected chi connectivity index (χ2v) is 5.96. The highest BCUT2D eigenvalue weighted by atomic mass is 32.2. The highest BCUT2D eigenvalue weighted by Crippen LogP contribution is 2.24. The Hall–Kier alpha value is -1.33. The molecule has 5 heteroatoms. The van der Waals surface area contributed by atoms with Crippen LogP contribution in [-0.2, 0) is 5.75 Å². The van der Waals surface area contributed by atoms with Crippen LogP contribution in [0.25, 0.3) is 0 Å². The third kappa shape index (κ3) is 3.81. The fourth-order valence-corrected chi connectivity index (χ4v) is 2.37. The predicted molar refractivity (Wildman–Crippen MR) is 75.5 cm³/mol. The zero-order valence-corrected chi connectivity index (χ0v) is 12.4. The van der Waals surface area contributed by atoms with Gasteiger partial charge in [0.05, 0.1) is 0 Å². The molecule has 3 N–H and O–H groups in total. The van der Waals surface area contributed by atoms with Crippen LogP contribution in [0.3, 0.4) is 0 Å². The predicted octanol–water partition coefficient (Wildman–Crippen LogP) is 2.61. The van der Waals surface area contributed by atoms with Crippen LogP contribution in [0.2, 0.25) is 0 Å². The lowest BCUT2D eigenvalue weighted by atomic mass is 10.1. The topological polar surface area (TPSA) is 66.6 Å². The first-order valence-corrected chi connectivity index (χ1v) is 7.39. The van der Waals surface area contributed by atoms with Crippen LogP contribution in [0.15, 0.2) is 33.9 Å². The molecule has 0 aliphatic heterocycles. The van der Waals surface area contributed by atoms with Crippen LogP contribution in [0, 0.1) is 12.8 Å². The maximum atomic E-state index is 5.64. The van der Waals surface area contributed by atoms with Crippen LogP contribution in [0.1, 0.15) is 36.9 Å². The van der Waals surface area contributed by atoms with Gasteiger partial charge in [0, 0.05) is 11.7 Å². The van der Waals surface area contributed by atoms with Gasteiger partial charge in [-0.2, -0.15) is 0 Å². The molecule has 1 heterocycles. The molecule has 0 unspecified atom stereocenters. The molecule has 0 saturated carbocycles. The van der Waals surface area contributed by atoms with E-state index in [1.807, 2.05) is 0 Å². The lowest BCUT2D eigenvalue weighted by Crippen LogP contribution is -2.56. The Labute approximate surface area is 117 Å². The molecular formula is C14H20N3OS+. The van der Waals surface area contributed by atoms with Crippen LogP contribution < -0.4 is 5.73 Å². The lowest BCUT2D eigenvalue weighted by Gasteiger charge is -2.06. The first-order chi connectivity index (χ1) is 9.06. The van der Waals surface area contributed by atoms with Crippen molar-refractivity contribution < 1.29 is 10.2 Å². The van der Waals surface area contributed by atoms with Gasteiger partial charge in [-0.1, -0.05) is 55.4 Å². The van der Waals surface area contributed by atoms with E-state index in [1.54, 1.807) is 11.8 Å². The van der Waals surface area contributed by atoms with E-state index in [2.05, 4.69) is 61.0 Å². The maximum absolute atomic E-state index is 5.64. The van der Waals surface area contributed by atoms with Gasteiger partial charge >= 0.3 is 0 Å². The van der Waals surface area contributed by atoms with Crippen LogP contribution in [0.4, 0.5) is 0 Å². The lowest BCUT2D eigenvalue weighted by molar-refractivity contribution is -0.443. The van der Waals surface area contributed by atoms with E-state index >= 15 is 0 Å². The monoisotopic (exact) mass is 278 g/mol. The number of benzene rings is 1. The van der Waals surface area contributed by atoms with Crippen molar-refractivity contribution in [1.29, 1.82) is 0 Å². The molecule has 0 bridgehead atoms. The quantitative estimate of drug-likeness (QED) is 0.854. The second-order valence-electron chi connectivity index (χ2n) is 5.03. The van der Waals surface area contributed by atoms with Crippen LogP contribution >= 0.6 is 11.8 Å². The Morgan fingerprint density at radius 1 is 1.32 bits per heavy atom. The summed E-state index contributed by atoms with van der Waals surface area (Å²) in [6, 6.07) is 8.49. The molecule has 0 aliphatic carbocycles. The normalized spacial score (nSPS) is 12.9. The van der Waals surface area contributed by atoms with Crippen molar-refractivity contribution in [2.75, 3.05) is 0 Å². The molecule has 1 aromatic carbocycles. The van der Waals surface area contributed by atoms with E-state index in [9.17, 15) is 0 Å². The number of aryl methyl sites for hydroxylation is 1. The van der Waals surface area contributed by atoms with E-state index in [4.69, 9.17) is 4.42 Å². The summed E-state index contributed by atoms with van der Waals surface area (Å²) in [6.07, 6.45) is 0. The van der Waals surface area contributed by atoms with E-state index in [1.165, 1.54) is 11.1 Å². The summed E-state index contributed by atoms with van der Waals surface area (Å²) in [4.78, 5) is 0. The Morgan fingerprint density at radius 2 is 2.11 bits per heavy atom. The standard InChI is InChI=1S/C14H19N3OS/c1-9(2)12(15)13-16-17-14(18-13)19-8-11-6-4-5-10(3)7-11/h4-7,9,12H,8,15H2,1-3H3/p+1/t12-/m0/s1. The Bertz CT molecular complexity index is 539. The van der Waals surface area contributed by atoms with Gasteiger partial charge in [0.25, 0.3) is 11.1 Å². The zero-order chi connectivity index (χ0) is 13.8. The Balaban J connectivity index is 1.97. The third-order valence-electron chi connectivity index (χ3n) is 2.99. The summed E-state index contributed by atoms with van der Waals surface area (Å²) in [6.45, 7) is 6.29. The first-order valence-electron chi connectivity index (χ1n) is 6.41. The fourth-order valence-electron chi connectivity index (χ4n) is 1.66. The van der Waals surface area contributed by atoms with Gasteiger partial charge in [0.1, 0.15) is 0 Å². The van der Waals surface area contributed by atoms with Crippen molar-refractivity contribution >= 4 is 11.8 Å². The summed E-state index contributed by atoms with van der Waals surface area (Å²) >= 11 is 1.56. The van der Waals surface area contributed by atoms with Gasteiger partial charge in [0.15, 0.2) is 6.04 Å². The average molecular weight is 278 g/mol. The zero-order valence-electron chi connectivity index (χ0n) is 11.6. The van der Waals surface area contributed by atoms with Gasteiger partial charge in [-0.15, -0.1) is 10.2 Å². The van der Waals surface area contributed by atoms with Crippen molar-refractivity contribution in [3.63, 3.8) is 0 Å². The van der Waals surface area contributed by atoms with E-state index in [-0.39, 0.29) is 6.04 Å². The van der Waals surface area contributed by atoms with Gasteiger partial charge in [-0.25, -0.2) is 0 Å². The first kappa shape index (κ1) is 14.1. The van der Waals surface area contributed by atoms with Gasteiger partial charge in [-0.3, -0.25) is 0 Å². The number of hydrogen-bond acceptors (Lipinski definition) is 4. The number of quaternary nitrogens is 1. The fraction of sp³-hybridized carbons (Fsp3) is 0.429. The number of hydrogen-bond donors (Lipinski definition) is 1.